The fourth-order valence-corrected chi connectivity index (χ4v) is 1.31. The molecule has 0 spiro atoms. The van der Waals surface area contributed by atoms with Gasteiger partial charge in [-0.1, -0.05) is 26.2 Å². The Hall–Kier alpha value is -0.610. The minimum Gasteiger partial charge on any atom is -0.459 e. The summed E-state index contributed by atoms with van der Waals surface area (Å²) >= 11 is 0. The van der Waals surface area contributed by atoms with Gasteiger partial charge in [0.15, 0.2) is 0 Å². The van der Waals surface area contributed by atoms with Crippen LogP contribution in [-0.4, -0.2) is 28.8 Å². The van der Waals surface area contributed by atoms with Crippen molar-refractivity contribution in [3.05, 3.63) is 0 Å². The van der Waals surface area contributed by atoms with Crippen LogP contribution in [0, 0.1) is 0 Å². The molecular formula is C12H25NO3. The van der Waals surface area contributed by atoms with Crippen molar-refractivity contribution in [1.82, 2.24) is 0 Å². The first kappa shape index (κ1) is 15.4. The van der Waals surface area contributed by atoms with E-state index in [1.54, 1.807) is 20.8 Å². The number of carbonyl (C=O) groups excluding carboxylic acids is 1. The van der Waals surface area contributed by atoms with Gasteiger partial charge in [-0.25, -0.2) is 0 Å². The van der Waals surface area contributed by atoms with Crippen molar-refractivity contribution in [2.24, 2.45) is 5.73 Å². The third-order valence-electron chi connectivity index (χ3n) is 2.20. The van der Waals surface area contributed by atoms with E-state index in [4.69, 9.17) is 10.5 Å². The monoisotopic (exact) mass is 231 g/mol. The summed E-state index contributed by atoms with van der Waals surface area (Å²) < 4.78 is 5.10. The van der Waals surface area contributed by atoms with Crippen molar-refractivity contribution in [2.75, 3.05) is 0 Å². The first-order chi connectivity index (χ1) is 7.28. The molecule has 0 unspecified atom stereocenters. The minimum atomic E-state index is -0.934. The highest BCUT2D eigenvalue weighted by Crippen LogP contribution is 2.11. The molecule has 16 heavy (non-hydrogen) atoms. The Labute approximate surface area is 98.2 Å². The van der Waals surface area contributed by atoms with E-state index in [1.807, 2.05) is 0 Å². The molecule has 3 N–H and O–H groups in total. The lowest BCUT2D eigenvalue weighted by molar-refractivity contribution is -0.159. The van der Waals surface area contributed by atoms with E-state index in [-0.39, 0.29) is 0 Å². The zero-order valence-electron chi connectivity index (χ0n) is 10.8. The SMILES string of the molecule is CCCCC[C@@H](O)[C@@H](N)C(=O)OC(C)(C)C. The molecule has 96 valence electrons. The number of esters is 1. The molecule has 0 saturated carbocycles. The van der Waals surface area contributed by atoms with Crippen LogP contribution >= 0.6 is 0 Å². The van der Waals surface area contributed by atoms with E-state index in [9.17, 15) is 9.90 Å². The van der Waals surface area contributed by atoms with Crippen LogP contribution in [0.5, 0.6) is 0 Å². The topological polar surface area (TPSA) is 72.5 Å². The lowest BCUT2D eigenvalue weighted by Gasteiger charge is -2.24. The van der Waals surface area contributed by atoms with Gasteiger partial charge in [-0.15, -0.1) is 0 Å². The second-order valence-electron chi connectivity index (χ2n) is 5.12. The van der Waals surface area contributed by atoms with Gasteiger partial charge in [0.25, 0.3) is 0 Å². The highest BCUT2D eigenvalue weighted by Gasteiger charge is 2.27. The molecule has 0 fully saturated rings. The Morgan fingerprint density at radius 2 is 1.94 bits per heavy atom. The molecule has 0 amide bonds. The molecular weight excluding hydrogens is 206 g/mol. The van der Waals surface area contributed by atoms with Crippen LogP contribution in [0.15, 0.2) is 0 Å². The molecule has 0 aromatic heterocycles. The molecule has 0 aliphatic heterocycles. The Kier molecular flexibility index (Phi) is 6.60. The van der Waals surface area contributed by atoms with Crippen molar-refractivity contribution in [3.63, 3.8) is 0 Å². The molecule has 2 atom stereocenters. The zero-order chi connectivity index (χ0) is 12.8. The average Bonchev–Trinajstić information content (AvgIpc) is 2.14. The molecule has 0 bridgehead atoms. The summed E-state index contributed by atoms with van der Waals surface area (Å²) in [6.45, 7) is 7.42. The smallest absolute Gasteiger partial charge is 0.326 e. The van der Waals surface area contributed by atoms with Gasteiger partial charge in [-0.3, -0.25) is 4.79 Å². The Morgan fingerprint density at radius 1 is 1.38 bits per heavy atom. The van der Waals surface area contributed by atoms with Gasteiger partial charge in [0.05, 0.1) is 6.10 Å². The predicted molar refractivity (Wildman–Crippen MR) is 64.0 cm³/mol. The van der Waals surface area contributed by atoms with E-state index in [0.717, 1.165) is 19.3 Å². The fraction of sp³-hybridized carbons (Fsp3) is 0.917. The summed E-state index contributed by atoms with van der Waals surface area (Å²) in [6.07, 6.45) is 2.75. The van der Waals surface area contributed by atoms with Gasteiger partial charge in [0, 0.05) is 0 Å². The number of ether oxygens (including phenoxy) is 1. The third-order valence-corrected chi connectivity index (χ3v) is 2.20. The van der Waals surface area contributed by atoms with Gasteiger partial charge in [-0.2, -0.15) is 0 Å². The van der Waals surface area contributed by atoms with E-state index in [2.05, 4.69) is 6.92 Å². The Bertz CT molecular complexity index is 211. The predicted octanol–water partition coefficient (Wildman–Crippen LogP) is 1.60. The second-order valence-corrected chi connectivity index (χ2v) is 5.12. The van der Waals surface area contributed by atoms with E-state index >= 15 is 0 Å². The molecule has 0 radical (unpaired) electrons. The quantitative estimate of drug-likeness (QED) is 0.538. The van der Waals surface area contributed by atoms with Crippen molar-refractivity contribution in [2.45, 2.75) is 71.1 Å². The summed E-state index contributed by atoms with van der Waals surface area (Å²) in [6, 6.07) is -0.934. The number of hydrogen-bond donors (Lipinski definition) is 2. The summed E-state index contributed by atoms with van der Waals surface area (Å²) in [5.74, 6) is -0.531. The van der Waals surface area contributed by atoms with Crippen LogP contribution in [0.1, 0.15) is 53.4 Å². The van der Waals surface area contributed by atoms with Crippen molar-refractivity contribution in [3.8, 4) is 0 Å². The van der Waals surface area contributed by atoms with Crippen LogP contribution in [0.4, 0.5) is 0 Å². The van der Waals surface area contributed by atoms with Crippen LogP contribution in [-0.2, 0) is 9.53 Å². The van der Waals surface area contributed by atoms with Crippen molar-refractivity contribution < 1.29 is 14.6 Å². The number of aliphatic hydroxyl groups is 1. The number of unbranched alkanes of at least 4 members (excludes halogenated alkanes) is 2. The van der Waals surface area contributed by atoms with Crippen LogP contribution in [0.25, 0.3) is 0 Å². The van der Waals surface area contributed by atoms with Crippen molar-refractivity contribution in [1.29, 1.82) is 0 Å². The molecule has 0 aliphatic rings. The second kappa shape index (κ2) is 6.86. The van der Waals surface area contributed by atoms with Gasteiger partial charge in [0.2, 0.25) is 0 Å². The molecule has 0 saturated heterocycles. The first-order valence-electron chi connectivity index (χ1n) is 5.94. The Balaban J connectivity index is 4.01. The average molecular weight is 231 g/mol. The summed E-state index contributed by atoms with van der Waals surface area (Å²) in [4.78, 5) is 11.5. The summed E-state index contributed by atoms with van der Waals surface area (Å²) in [5.41, 5.74) is 5.07. The van der Waals surface area contributed by atoms with Gasteiger partial charge >= 0.3 is 5.97 Å². The summed E-state index contributed by atoms with van der Waals surface area (Å²) in [5, 5.41) is 9.69. The standard InChI is InChI=1S/C12H25NO3/c1-5-6-7-8-9(14)10(13)11(15)16-12(2,3)4/h9-10,14H,5-8,13H2,1-4H3/t9-,10-/m1/s1. The molecule has 0 aliphatic carbocycles. The number of carbonyl (C=O) groups is 1. The molecule has 0 rings (SSSR count). The van der Waals surface area contributed by atoms with E-state index in [1.165, 1.54) is 0 Å². The number of rotatable bonds is 6. The number of hydrogen-bond acceptors (Lipinski definition) is 4. The van der Waals surface area contributed by atoms with Gasteiger partial charge < -0.3 is 15.6 Å². The fourth-order valence-electron chi connectivity index (χ4n) is 1.31. The number of aliphatic hydroxyl groups excluding tert-OH is 1. The van der Waals surface area contributed by atoms with Gasteiger partial charge in [-0.05, 0) is 27.2 Å². The summed E-state index contributed by atoms with van der Waals surface area (Å²) in [7, 11) is 0. The van der Waals surface area contributed by atoms with Gasteiger partial charge in [0.1, 0.15) is 11.6 Å². The molecule has 0 aromatic rings. The van der Waals surface area contributed by atoms with E-state index in [0.29, 0.717) is 6.42 Å². The molecule has 0 heterocycles. The maximum Gasteiger partial charge on any atom is 0.326 e. The highest BCUT2D eigenvalue weighted by atomic mass is 16.6. The third kappa shape index (κ3) is 6.80. The first-order valence-corrected chi connectivity index (χ1v) is 5.94. The minimum absolute atomic E-state index is 0.531. The molecule has 0 aromatic carbocycles. The largest absolute Gasteiger partial charge is 0.459 e. The maximum absolute atomic E-state index is 11.5. The van der Waals surface area contributed by atoms with E-state index < -0.39 is 23.7 Å². The maximum atomic E-state index is 11.5. The number of nitrogens with two attached hydrogens (primary N) is 1. The molecule has 4 nitrogen and oxygen atoms in total. The normalized spacial score (nSPS) is 15.6. The van der Waals surface area contributed by atoms with Crippen LogP contribution in [0.2, 0.25) is 0 Å². The van der Waals surface area contributed by atoms with Crippen LogP contribution in [0.3, 0.4) is 0 Å². The lowest BCUT2D eigenvalue weighted by atomic mass is 10.0. The molecule has 4 heteroatoms. The Morgan fingerprint density at radius 3 is 2.38 bits per heavy atom. The zero-order valence-corrected chi connectivity index (χ0v) is 10.8. The van der Waals surface area contributed by atoms with Crippen LogP contribution < -0.4 is 5.73 Å². The lowest BCUT2D eigenvalue weighted by Crippen LogP contribution is -2.45. The van der Waals surface area contributed by atoms with Crippen molar-refractivity contribution >= 4 is 5.97 Å². The highest BCUT2D eigenvalue weighted by molar-refractivity contribution is 5.76.